The average Bonchev–Trinajstić information content (AvgIpc) is 3.17. The minimum atomic E-state index is -0.507. The lowest BCUT2D eigenvalue weighted by Gasteiger charge is -2.35. The van der Waals surface area contributed by atoms with Gasteiger partial charge in [0.2, 0.25) is 11.8 Å². The molecule has 1 saturated heterocycles. The van der Waals surface area contributed by atoms with Crippen LogP contribution >= 0.6 is 24.8 Å². The van der Waals surface area contributed by atoms with Gasteiger partial charge >= 0.3 is 0 Å². The van der Waals surface area contributed by atoms with E-state index in [1.165, 1.54) is 0 Å². The van der Waals surface area contributed by atoms with Crippen molar-refractivity contribution in [2.75, 3.05) is 32.8 Å². The lowest BCUT2D eigenvalue weighted by atomic mass is 10.1. The SMILES string of the molecule is CCOC(C)c1noc(CN2CCN(C(=O)C(N)Cc3ccccc3)CC2)n1.Cl.Cl. The van der Waals surface area contributed by atoms with Crippen LogP contribution in [-0.2, 0) is 22.5 Å². The molecule has 1 aliphatic heterocycles. The summed E-state index contributed by atoms with van der Waals surface area (Å²) in [5, 5.41) is 3.99. The van der Waals surface area contributed by atoms with Crippen LogP contribution in [0.3, 0.4) is 0 Å². The predicted molar refractivity (Wildman–Crippen MR) is 119 cm³/mol. The third-order valence-electron chi connectivity index (χ3n) is 4.92. The van der Waals surface area contributed by atoms with Crippen LogP contribution < -0.4 is 5.73 Å². The van der Waals surface area contributed by atoms with E-state index < -0.39 is 6.04 Å². The molecule has 0 saturated carbocycles. The van der Waals surface area contributed by atoms with Crippen LogP contribution in [0.2, 0.25) is 0 Å². The molecular weight excluding hydrogens is 429 g/mol. The number of nitrogens with zero attached hydrogens (tertiary/aromatic N) is 4. The number of rotatable bonds is 8. The minimum Gasteiger partial charge on any atom is -0.371 e. The van der Waals surface area contributed by atoms with Gasteiger partial charge in [-0.05, 0) is 25.8 Å². The smallest absolute Gasteiger partial charge is 0.240 e. The summed E-state index contributed by atoms with van der Waals surface area (Å²) in [5.41, 5.74) is 7.22. The Morgan fingerprint density at radius 2 is 1.87 bits per heavy atom. The quantitative estimate of drug-likeness (QED) is 0.645. The van der Waals surface area contributed by atoms with Gasteiger partial charge in [-0.15, -0.1) is 24.8 Å². The zero-order chi connectivity index (χ0) is 19.9. The summed E-state index contributed by atoms with van der Waals surface area (Å²) in [6.45, 7) is 7.82. The maximum atomic E-state index is 12.6. The van der Waals surface area contributed by atoms with E-state index in [-0.39, 0.29) is 36.8 Å². The monoisotopic (exact) mass is 459 g/mol. The first-order valence-electron chi connectivity index (χ1n) is 9.81. The second-order valence-electron chi connectivity index (χ2n) is 7.04. The van der Waals surface area contributed by atoms with Gasteiger partial charge in [0.25, 0.3) is 0 Å². The Bertz CT molecular complexity index is 754. The van der Waals surface area contributed by atoms with Crippen molar-refractivity contribution < 1.29 is 14.1 Å². The lowest BCUT2D eigenvalue weighted by Crippen LogP contribution is -2.53. The van der Waals surface area contributed by atoms with Crippen LogP contribution in [0.15, 0.2) is 34.9 Å². The Balaban J connectivity index is 0.00000225. The first kappa shape index (κ1) is 26.3. The van der Waals surface area contributed by atoms with Gasteiger partial charge in [-0.3, -0.25) is 9.69 Å². The molecule has 1 amide bonds. The topological polar surface area (TPSA) is 97.7 Å². The highest BCUT2D eigenvalue weighted by molar-refractivity contribution is 5.85. The molecule has 2 heterocycles. The summed E-state index contributed by atoms with van der Waals surface area (Å²) in [4.78, 5) is 21.1. The van der Waals surface area contributed by atoms with E-state index in [1.54, 1.807) is 0 Å². The Labute approximate surface area is 189 Å². The fourth-order valence-electron chi connectivity index (χ4n) is 3.33. The van der Waals surface area contributed by atoms with E-state index in [0.717, 1.165) is 18.7 Å². The summed E-state index contributed by atoms with van der Waals surface area (Å²) in [7, 11) is 0. The number of amides is 1. The molecule has 30 heavy (non-hydrogen) atoms. The van der Waals surface area contributed by atoms with E-state index >= 15 is 0 Å². The summed E-state index contributed by atoms with van der Waals surface area (Å²) < 4.78 is 10.8. The number of piperazine rings is 1. The number of halogens is 2. The summed E-state index contributed by atoms with van der Waals surface area (Å²) >= 11 is 0. The Kier molecular flexibility index (Phi) is 11.3. The van der Waals surface area contributed by atoms with Gasteiger partial charge in [-0.2, -0.15) is 4.98 Å². The van der Waals surface area contributed by atoms with Crippen molar-refractivity contribution in [3.05, 3.63) is 47.6 Å². The molecule has 0 bridgehead atoms. The zero-order valence-corrected chi connectivity index (χ0v) is 19.0. The summed E-state index contributed by atoms with van der Waals surface area (Å²) in [6, 6.07) is 9.37. The standard InChI is InChI=1S/C20H29N5O3.2ClH/c1-3-27-15(2)19-22-18(28-23-19)14-24-9-11-25(12-10-24)20(26)17(21)13-16-7-5-4-6-8-16;;/h4-8,15,17H,3,9-14,21H2,1-2H3;2*1H. The Hall–Kier alpha value is -1.71. The second-order valence-corrected chi connectivity index (χ2v) is 7.04. The highest BCUT2D eigenvalue weighted by atomic mass is 35.5. The molecule has 1 aliphatic rings. The molecule has 1 aromatic heterocycles. The second kappa shape index (κ2) is 12.9. The van der Waals surface area contributed by atoms with Gasteiger partial charge < -0.3 is 19.9 Å². The zero-order valence-electron chi connectivity index (χ0n) is 17.4. The molecule has 0 spiro atoms. The summed E-state index contributed by atoms with van der Waals surface area (Å²) in [5.74, 6) is 1.15. The molecule has 2 aromatic rings. The van der Waals surface area contributed by atoms with E-state index in [4.69, 9.17) is 15.0 Å². The molecule has 2 atom stereocenters. The van der Waals surface area contributed by atoms with Crippen molar-refractivity contribution in [2.24, 2.45) is 5.73 Å². The lowest BCUT2D eigenvalue weighted by molar-refractivity contribution is -0.134. The van der Waals surface area contributed by atoms with Crippen molar-refractivity contribution in [1.29, 1.82) is 0 Å². The van der Waals surface area contributed by atoms with Crippen molar-refractivity contribution in [2.45, 2.75) is 39.0 Å². The Morgan fingerprint density at radius 1 is 1.20 bits per heavy atom. The average molecular weight is 460 g/mol. The van der Waals surface area contributed by atoms with E-state index in [2.05, 4.69) is 15.0 Å². The van der Waals surface area contributed by atoms with Crippen molar-refractivity contribution in [1.82, 2.24) is 19.9 Å². The highest BCUT2D eigenvalue weighted by Gasteiger charge is 2.26. The number of nitrogens with two attached hydrogens (primary N) is 1. The molecule has 1 aromatic carbocycles. The highest BCUT2D eigenvalue weighted by Crippen LogP contribution is 2.15. The van der Waals surface area contributed by atoms with E-state index in [9.17, 15) is 4.79 Å². The molecule has 2 N–H and O–H groups in total. The molecule has 0 aliphatic carbocycles. The number of ether oxygens (including phenoxy) is 1. The number of carbonyl (C=O) groups is 1. The van der Waals surface area contributed by atoms with Crippen LogP contribution in [0.5, 0.6) is 0 Å². The normalized spacial score (nSPS) is 16.3. The molecular formula is C20H31Cl2N5O3. The Morgan fingerprint density at radius 3 is 2.50 bits per heavy atom. The molecule has 168 valence electrons. The van der Waals surface area contributed by atoms with Gasteiger partial charge in [-0.25, -0.2) is 0 Å². The molecule has 10 heteroatoms. The maximum Gasteiger partial charge on any atom is 0.240 e. The maximum absolute atomic E-state index is 12.6. The summed E-state index contributed by atoms with van der Waals surface area (Å²) in [6.07, 6.45) is 0.380. The first-order valence-corrected chi connectivity index (χ1v) is 9.81. The fourth-order valence-corrected chi connectivity index (χ4v) is 3.33. The third-order valence-corrected chi connectivity index (χ3v) is 4.92. The van der Waals surface area contributed by atoms with Crippen molar-refractivity contribution >= 4 is 30.7 Å². The fraction of sp³-hybridized carbons (Fsp3) is 0.550. The van der Waals surface area contributed by atoms with Gasteiger partial charge in [0.15, 0.2) is 5.82 Å². The number of carbonyl (C=O) groups excluding carboxylic acids is 1. The molecule has 3 rings (SSSR count). The van der Waals surface area contributed by atoms with Crippen LogP contribution in [0.4, 0.5) is 0 Å². The number of hydrogen-bond acceptors (Lipinski definition) is 7. The first-order chi connectivity index (χ1) is 13.6. The minimum absolute atomic E-state index is 0. The van der Waals surface area contributed by atoms with Gasteiger partial charge in [-0.1, -0.05) is 35.5 Å². The van der Waals surface area contributed by atoms with Crippen molar-refractivity contribution in [3.8, 4) is 0 Å². The van der Waals surface area contributed by atoms with E-state index in [0.29, 0.717) is 44.4 Å². The van der Waals surface area contributed by atoms with Crippen LogP contribution in [-0.4, -0.2) is 64.7 Å². The number of aromatic nitrogens is 2. The van der Waals surface area contributed by atoms with Crippen LogP contribution in [0.25, 0.3) is 0 Å². The van der Waals surface area contributed by atoms with E-state index in [1.807, 2.05) is 49.1 Å². The van der Waals surface area contributed by atoms with Gasteiger partial charge in [0.05, 0.1) is 12.6 Å². The van der Waals surface area contributed by atoms with Crippen molar-refractivity contribution in [3.63, 3.8) is 0 Å². The molecule has 1 fully saturated rings. The van der Waals surface area contributed by atoms with Gasteiger partial charge in [0.1, 0.15) is 6.10 Å². The predicted octanol–water partition coefficient (Wildman–Crippen LogP) is 2.22. The third kappa shape index (κ3) is 7.21. The molecule has 0 radical (unpaired) electrons. The van der Waals surface area contributed by atoms with Gasteiger partial charge in [0, 0.05) is 32.8 Å². The largest absolute Gasteiger partial charge is 0.371 e. The van der Waals surface area contributed by atoms with Crippen LogP contribution in [0.1, 0.15) is 37.2 Å². The molecule has 8 nitrogen and oxygen atoms in total. The van der Waals surface area contributed by atoms with Crippen LogP contribution in [0, 0.1) is 0 Å². The molecule has 2 unspecified atom stereocenters. The number of hydrogen-bond donors (Lipinski definition) is 1. The number of benzene rings is 1.